The minimum Gasteiger partial charge on any atom is -0.491 e. The summed E-state index contributed by atoms with van der Waals surface area (Å²) in [5, 5.41) is 21.5. The molecule has 0 heterocycles. The lowest BCUT2D eigenvalue weighted by Gasteiger charge is -2.17. The highest BCUT2D eigenvalue weighted by molar-refractivity contribution is 5.73. The summed E-state index contributed by atoms with van der Waals surface area (Å²) >= 11 is 0. The Morgan fingerprint density at radius 1 is 1.37 bits per heavy atom. The molecule has 0 saturated heterocycles. The first-order valence-corrected chi connectivity index (χ1v) is 6.45. The van der Waals surface area contributed by atoms with E-state index in [0.717, 1.165) is 6.42 Å². The SMILES string of the molecule is CCCC(NCC(O)COc1ccccc1)C(=O)O. The van der Waals surface area contributed by atoms with Crippen LogP contribution in [0.25, 0.3) is 0 Å². The predicted molar refractivity (Wildman–Crippen MR) is 72.3 cm³/mol. The van der Waals surface area contributed by atoms with Crippen molar-refractivity contribution in [2.45, 2.75) is 31.9 Å². The summed E-state index contributed by atoms with van der Waals surface area (Å²) in [7, 11) is 0. The molecule has 0 radical (unpaired) electrons. The van der Waals surface area contributed by atoms with Crippen LogP contribution in [0.5, 0.6) is 5.75 Å². The van der Waals surface area contributed by atoms with Crippen LogP contribution in [0.3, 0.4) is 0 Å². The molecular formula is C14H21NO4. The number of benzene rings is 1. The first-order chi connectivity index (χ1) is 9.13. The average Bonchev–Trinajstić information content (AvgIpc) is 2.42. The number of aliphatic carboxylic acids is 1. The lowest BCUT2D eigenvalue weighted by molar-refractivity contribution is -0.139. The second-order valence-electron chi connectivity index (χ2n) is 4.37. The maximum Gasteiger partial charge on any atom is 0.320 e. The lowest BCUT2D eigenvalue weighted by Crippen LogP contribution is -2.42. The molecule has 2 unspecified atom stereocenters. The first-order valence-electron chi connectivity index (χ1n) is 6.45. The zero-order valence-electron chi connectivity index (χ0n) is 11.1. The third-order valence-electron chi connectivity index (χ3n) is 2.66. The van der Waals surface area contributed by atoms with E-state index in [-0.39, 0.29) is 13.2 Å². The van der Waals surface area contributed by atoms with Gasteiger partial charge in [0.1, 0.15) is 24.5 Å². The number of carboxylic acids is 1. The average molecular weight is 267 g/mol. The molecule has 0 aromatic heterocycles. The minimum atomic E-state index is -0.891. The monoisotopic (exact) mass is 267 g/mol. The number of nitrogens with one attached hydrogen (secondary N) is 1. The molecule has 0 aliphatic heterocycles. The quantitative estimate of drug-likeness (QED) is 0.628. The number of carbonyl (C=O) groups is 1. The molecule has 106 valence electrons. The van der Waals surface area contributed by atoms with E-state index in [1.165, 1.54) is 0 Å². The van der Waals surface area contributed by atoms with Gasteiger partial charge in [0.05, 0.1) is 0 Å². The van der Waals surface area contributed by atoms with Crippen molar-refractivity contribution in [2.24, 2.45) is 0 Å². The molecule has 3 N–H and O–H groups in total. The van der Waals surface area contributed by atoms with Crippen LogP contribution in [0.2, 0.25) is 0 Å². The van der Waals surface area contributed by atoms with Crippen molar-refractivity contribution >= 4 is 5.97 Å². The zero-order valence-corrected chi connectivity index (χ0v) is 11.1. The molecular weight excluding hydrogens is 246 g/mol. The standard InChI is InChI=1S/C14H21NO4/c1-2-6-13(14(17)18)15-9-11(16)10-19-12-7-4-3-5-8-12/h3-5,7-8,11,13,15-16H,2,6,9-10H2,1H3,(H,17,18). The molecule has 2 atom stereocenters. The largest absolute Gasteiger partial charge is 0.491 e. The van der Waals surface area contributed by atoms with Crippen molar-refractivity contribution < 1.29 is 19.7 Å². The third kappa shape index (κ3) is 6.22. The van der Waals surface area contributed by atoms with Crippen LogP contribution in [0.4, 0.5) is 0 Å². The molecule has 19 heavy (non-hydrogen) atoms. The molecule has 5 heteroatoms. The van der Waals surface area contributed by atoms with E-state index in [2.05, 4.69) is 5.32 Å². The Labute approximate surface area is 113 Å². The number of hydrogen-bond donors (Lipinski definition) is 3. The number of rotatable bonds is 9. The first kappa shape index (κ1) is 15.5. The van der Waals surface area contributed by atoms with Gasteiger partial charge in [0.15, 0.2) is 0 Å². The fourth-order valence-corrected chi connectivity index (χ4v) is 1.65. The zero-order chi connectivity index (χ0) is 14.1. The second kappa shape index (κ2) is 8.50. The fraction of sp³-hybridized carbons (Fsp3) is 0.500. The Hall–Kier alpha value is -1.59. The van der Waals surface area contributed by atoms with Crippen LogP contribution in [0.15, 0.2) is 30.3 Å². The molecule has 1 aromatic carbocycles. The van der Waals surface area contributed by atoms with Crippen LogP contribution in [-0.4, -0.2) is 41.5 Å². The van der Waals surface area contributed by atoms with Gasteiger partial charge in [0.2, 0.25) is 0 Å². The molecule has 0 spiro atoms. The van der Waals surface area contributed by atoms with E-state index >= 15 is 0 Å². The minimum absolute atomic E-state index is 0.134. The summed E-state index contributed by atoms with van der Waals surface area (Å²) in [6, 6.07) is 8.57. The maximum atomic E-state index is 10.9. The lowest BCUT2D eigenvalue weighted by atomic mass is 10.1. The summed E-state index contributed by atoms with van der Waals surface area (Å²) in [4.78, 5) is 10.9. The molecule has 0 saturated carbocycles. The summed E-state index contributed by atoms with van der Waals surface area (Å²) in [6.07, 6.45) is 0.584. The van der Waals surface area contributed by atoms with E-state index < -0.39 is 18.1 Å². The summed E-state index contributed by atoms with van der Waals surface area (Å²) in [6.45, 7) is 2.26. The molecule has 5 nitrogen and oxygen atoms in total. The van der Waals surface area contributed by atoms with Crippen LogP contribution in [0.1, 0.15) is 19.8 Å². The summed E-state index contributed by atoms with van der Waals surface area (Å²) in [5.41, 5.74) is 0. The number of para-hydroxylation sites is 1. The number of aliphatic hydroxyl groups excluding tert-OH is 1. The van der Waals surface area contributed by atoms with Gasteiger partial charge >= 0.3 is 5.97 Å². The highest BCUT2D eigenvalue weighted by Crippen LogP contribution is 2.08. The van der Waals surface area contributed by atoms with E-state index in [1.807, 2.05) is 25.1 Å². The van der Waals surface area contributed by atoms with E-state index in [4.69, 9.17) is 9.84 Å². The smallest absolute Gasteiger partial charge is 0.320 e. The molecule has 1 aromatic rings. The van der Waals surface area contributed by atoms with Gasteiger partial charge in [-0.05, 0) is 18.6 Å². The van der Waals surface area contributed by atoms with Gasteiger partial charge in [-0.1, -0.05) is 31.5 Å². The van der Waals surface area contributed by atoms with Gasteiger partial charge in [-0.2, -0.15) is 0 Å². The van der Waals surface area contributed by atoms with Crippen LogP contribution >= 0.6 is 0 Å². The number of hydrogen-bond acceptors (Lipinski definition) is 4. The molecule has 0 aliphatic carbocycles. The normalized spacial score (nSPS) is 13.8. The molecule has 0 amide bonds. The van der Waals surface area contributed by atoms with Crippen LogP contribution < -0.4 is 10.1 Å². The van der Waals surface area contributed by atoms with Crippen LogP contribution in [-0.2, 0) is 4.79 Å². The number of ether oxygens (including phenoxy) is 1. The molecule has 0 fully saturated rings. The molecule has 0 bridgehead atoms. The van der Waals surface area contributed by atoms with Crippen molar-refractivity contribution in [1.29, 1.82) is 0 Å². The Kier molecular flexibility index (Phi) is 6.92. The van der Waals surface area contributed by atoms with E-state index in [1.54, 1.807) is 12.1 Å². The van der Waals surface area contributed by atoms with Crippen molar-refractivity contribution in [2.75, 3.05) is 13.2 Å². The van der Waals surface area contributed by atoms with Gasteiger partial charge < -0.3 is 20.3 Å². The maximum absolute atomic E-state index is 10.9. The third-order valence-corrected chi connectivity index (χ3v) is 2.66. The highest BCUT2D eigenvalue weighted by atomic mass is 16.5. The Morgan fingerprint density at radius 3 is 2.63 bits per heavy atom. The summed E-state index contributed by atoms with van der Waals surface area (Å²) in [5.74, 6) is -0.206. The van der Waals surface area contributed by atoms with E-state index in [9.17, 15) is 9.90 Å². The second-order valence-corrected chi connectivity index (χ2v) is 4.37. The van der Waals surface area contributed by atoms with Crippen molar-refractivity contribution in [3.8, 4) is 5.75 Å². The Balaban J connectivity index is 2.27. The fourth-order valence-electron chi connectivity index (χ4n) is 1.65. The van der Waals surface area contributed by atoms with Crippen molar-refractivity contribution in [1.82, 2.24) is 5.32 Å². The van der Waals surface area contributed by atoms with Gasteiger partial charge in [-0.25, -0.2) is 0 Å². The van der Waals surface area contributed by atoms with Gasteiger partial charge in [-0.3, -0.25) is 4.79 Å². The van der Waals surface area contributed by atoms with Gasteiger partial charge in [0, 0.05) is 6.54 Å². The summed E-state index contributed by atoms with van der Waals surface area (Å²) < 4.78 is 5.38. The number of carboxylic acid groups (broad SMARTS) is 1. The Morgan fingerprint density at radius 2 is 2.05 bits per heavy atom. The van der Waals surface area contributed by atoms with Crippen molar-refractivity contribution in [3.05, 3.63) is 30.3 Å². The van der Waals surface area contributed by atoms with Gasteiger partial charge in [0.25, 0.3) is 0 Å². The predicted octanol–water partition coefficient (Wildman–Crippen LogP) is 1.27. The van der Waals surface area contributed by atoms with Crippen LogP contribution in [0, 0.1) is 0 Å². The van der Waals surface area contributed by atoms with Gasteiger partial charge in [-0.15, -0.1) is 0 Å². The van der Waals surface area contributed by atoms with E-state index in [0.29, 0.717) is 12.2 Å². The topological polar surface area (TPSA) is 78.8 Å². The number of aliphatic hydroxyl groups is 1. The van der Waals surface area contributed by atoms with Crippen molar-refractivity contribution in [3.63, 3.8) is 0 Å². The Bertz CT molecular complexity index is 369. The molecule has 0 aliphatic rings. The highest BCUT2D eigenvalue weighted by Gasteiger charge is 2.17. The molecule has 1 rings (SSSR count).